The molecule has 6 heteroatoms. The minimum absolute atomic E-state index is 0.210. The highest BCUT2D eigenvalue weighted by Crippen LogP contribution is 2.40. The zero-order chi connectivity index (χ0) is 15.9. The summed E-state index contributed by atoms with van der Waals surface area (Å²) in [7, 11) is 0. The van der Waals surface area contributed by atoms with Gasteiger partial charge in [0.05, 0.1) is 11.5 Å². The Morgan fingerprint density at radius 2 is 2.00 bits per heavy atom. The molecule has 1 atom stereocenters. The van der Waals surface area contributed by atoms with E-state index in [4.69, 9.17) is 5.73 Å². The van der Waals surface area contributed by atoms with Gasteiger partial charge in [-0.25, -0.2) is 0 Å². The molecule has 2 nitrogen and oxygen atoms in total. The number of Topliss-reactive ketones (excluding diaryl/α,β-unsaturated/α-hetero) is 1. The average Bonchev–Trinajstić information content (AvgIpc) is 3.06. The first-order valence-electron chi connectivity index (χ1n) is 6.60. The van der Waals surface area contributed by atoms with Crippen molar-refractivity contribution >= 4 is 22.7 Å². The predicted octanol–water partition coefficient (Wildman–Crippen LogP) is 4.19. The van der Waals surface area contributed by atoms with Crippen molar-refractivity contribution in [2.24, 2.45) is 5.73 Å². The molecule has 0 saturated carbocycles. The van der Waals surface area contributed by atoms with E-state index in [1.807, 2.05) is 16.8 Å². The van der Waals surface area contributed by atoms with Crippen LogP contribution in [0.3, 0.4) is 0 Å². The Kier molecular flexibility index (Phi) is 3.56. The SMILES string of the molecule is NC1=C(c2cccc(C(F)(F)F)c2)C(=O)C(c2ccsc2)C1. The molecule has 0 fully saturated rings. The fourth-order valence-corrected chi connectivity index (χ4v) is 3.38. The topological polar surface area (TPSA) is 43.1 Å². The van der Waals surface area contributed by atoms with E-state index < -0.39 is 17.7 Å². The summed E-state index contributed by atoms with van der Waals surface area (Å²) in [5.41, 5.74) is 6.81. The summed E-state index contributed by atoms with van der Waals surface area (Å²) in [6.45, 7) is 0. The van der Waals surface area contributed by atoms with Gasteiger partial charge >= 0.3 is 6.18 Å². The Hall–Kier alpha value is -2.08. The van der Waals surface area contributed by atoms with Crippen molar-refractivity contribution in [1.29, 1.82) is 0 Å². The molecule has 3 rings (SSSR count). The average molecular weight is 323 g/mol. The Balaban J connectivity index is 1.98. The molecule has 1 aliphatic carbocycles. The molecule has 0 saturated heterocycles. The van der Waals surface area contributed by atoms with Crippen LogP contribution in [0.5, 0.6) is 0 Å². The van der Waals surface area contributed by atoms with E-state index in [9.17, 15) is 18.0 Å². The van der Waals surface area contributed by atoms with Gasteiger partial charge in [-0.15, -0.1) is 0 Å². The number of hydrogen-bond donors (Lipinski definition) is 1. The van der Waals surface area contributed by atoms with Crippen LogP contribution in [0.4, 0.5) is 13.2 Å². The van der Waals surface area contributed by atoms with Crippen LogP contribution in [0.1, 0.15) is 29.0 Å². The molecule has 1 aromatic heterocycles. The van der Waals surface area contributed by atoms with Crippen molar-refractivity contribution in [2.45, 2.75) is 18.5 Å². The second kappa shape index (κ2) is 5.28. The summed E-state index contributed by atoms with van der Waals surface area (Å²) in [6, 6.07) is 6.59. The number of nitrogens with two attached hydrogens (primary N) is 1. The second-order valence-electron chi connectivity index (χ2n) is 5.16. The molecule has 2 N–H and O–H groups in total. The van der Waals surface area contributed by atoms with Gasteiger partial charge in [0, 0.05) is 17.7 Å². The van der Waals surface area contributed by atoms with Crippen molar-refractivity contribution in [2.75, 3.05) is 0 Å². The van der Waals surface area contributed by atoms with Crippen LogP contribution in [-0.2, 0) is 11.0 Å². The van der Waals surface area contributed by atoms with Crippen LogP contribution < -0.4 is 5.73 Å². The maximum atomic E-state index is 12.8. The molecule has 1 heterocycles. The lowest BCUT2D eigenvalue weighted by Gasteiger charge is -2.10. The summed E-state index contributed by atoms with van der Waals surface area (Å²) in [6.07, 6.45) is -4.10. The monoisotopic (exact) mass is 323 g/mol. The third kappa shape index (κ3) is 2.54. The largest absolute Gasteiger partial charge is 0.416 e. The van der Waals surface area contributed by atoms with Gasteiger partial charge in [-0.3, -0.25) is 4.79 Å². The van der Waals surface area contributed by atoms with Gasteiger partial charge in [0.25, 0.3) is 0 Å². The number of carbonyl (C=O) groups is 1. The molecule has 0 amide bonds. The lowest BCUT2D eigenvalue weighted by atomic mass is 9.94. The Morgan fingerprint density at radius 3 is 2.64 bits per heavy atom. The van der Waals surface area contributed by atoms with Crippen LogP contribution in [-0.4, -0.2) is 5.78 Å². The van der Waals surface area contributed by atoms with Gasteiger partial charge in [-0.1, -0.05) is 12.1 Å². The Morgan fingerprint density at radius 1 is 1.23 bits per heavy atom. The van der Waals surface area contributed by atoms with E-state index in [1.54, 1.807) is 0 Å². The zero-order valence-electron chi connectivity index (χ0n) is 11.4. The normalized spacial score (nSPS) is 19.0. The minimum Gasteiger partial charge on any atom is -0.401 e. The van der Waals surface area contributed by atoms with Crippen LogP contribution in [0, 0.1) is 0 Å². The van der Waals surface area contributed by atoms with Crippen molar-refractivity contribution in [1.82, 2.24) is 0 Å². The number of benzene rings is 1. The third-order valence-corrected chi connectivity index (χ3v) is 4.43. The fourth-order valence-electron chi connectivity index (χ4n) is 2.67. The van der Waals surface area contributed by atoms with E-state index >= 15 is 0 Å². The van der Waals surface area contributed by atoms with Gasteiger partial charge in [0.1, 0.15) is 0 Å². The van der Waals surface area contributed by atoms with E-state index in [2.05, 4.69) is 0 Å². The summed E-state index contributed by atoms with van der Waals surface area (Å²) in [5, 5.41) is 3.73. The lowest BCUT2D eigenvalue weighted by molar-refractivity contribution is -0.137. The van der Waals surface area contributed by atoms with Crippen molar-refractivity contribution < 1.29 is 18.0 Å². The summed E-state index contributed by atoms with van der Waals surface area (Å²) in [5.74, 6) is -0.606. The Bertz CT molecular complexity index is 747. The van der Waals surface area contributed by atoms with Crippen molar-refractivity contribution in [3.63, 3.8) is 0 Å². The zero-order valence-corrected chi connectivity index (χ0v) is 12.2. The maximum absolute atomic E-state index is 12.8. The third-order valence-electron chi connectivity index (χ3n) is 3.73. The van der Waals surface area contributed by atoms with Gasteiger partial charge in [0.15, 0.2) is 5.78 Å². The number of alkyl halides is 3. The number of ketones is 1. The number of halogens is 3. The molecule has 0 radical (unpaired) electrons. The molecule has 22 heavy (non-hydrogen) atoms. The smallest absolute Gasteiger partial charge is 0.401 e. The molecule has 1 aliphatic rings. The highest BCUT2D eigenvalue weighted by molar-refractivity contribution is 7.08. The van der Waals surface area contributed by atoms with Gasteiger partial charge in [-0.2, -0.15) is 24.5 Å². The summed E-state index contributed by atoms with van der Waals surface area (Å²) < 4.78 is 38.5. The number of thiophene rings is 1. The van der Waals surface area contributed by atoms with E-state index in [0.717, 1.165) is 17.7 Å². The van der Waals surface area contributed by atoms with E-state index in [0.29, 0.717) is 12.1 Å². The fraction of sp³-hybridized carbons (Fsp3) is 0.188. The molecule has 114 valence electrons. The molecular formula is C16H12F3NOS. The van der Waals surface area contributed by atoms with E-state index in [1.165, 1.54) is 23.5 Å². The molecule has 0 aliphatic heterocycles. The standard InChI is InChI=1S/C16H12F3NOS/c17-16(18,19)11-3-1-2-9(6-11)14-13(20)7-12(15(14)21)10-4-5-22-8-10/h1-6,8,12H,7,20H2. The van der Waals surface area contributed by atoms with Gasteiger partial charge in [0.2, 0.25) is 0 Å². The quantitative estimate of drug-likeness (QED) is 0.900. The second-order valence-corrected chi connectivity index (χ2v) is 5.94. The first-order chi connectivity index (χ1) is 10.4. The first kappa shape index (κ1) is 14.8. The van der Waals surface area contributed by atoms with E-state index in [-0.39, 0.29) is 16.9 Å². The van der Waals surface area contributed by atoms with Crippen LogP contribution in [0.15, 0.2) is 46.8 Å². The van der Waals surface area contributed by atoms with Crippen molar-refractivity contribution in [3.05, 3.63) is 63.5 Å². The molecule has 0 spiro atoms. The highest BCUT2D eigenvalue weighted by Gasteiger charge is 2.36. The Labute approximate surface area is 129 Å². The highest BCUT2D eigenvalue weighted by atomic mass is 32.1. The van der Waals surface area contributed by atoms with Gasteiger partial charge < -0.3 is 5.73 Å². The number of rotatable bonds is 2. The van der Waals surface area contributed by atoms with Crippen LogP contribution in [0.2, 0.25) is 0 Å². The maximum Gasteiger partial charge on any atom is 0.416 e. The summed E-state index contributed by atoms with van der Waals surface area (Å²) in [4.78, 5) is 12.6. The minimum atomic E-state index is -4.44. The lowest BCUT2D eigenvalue weighted by Crippen LogP contribution is -2.09. The number of hydrogen-bond acceptors (Lipinski definition) is 3. The van der Waals surface area contributed by atoms with Crippen molar-refractivity contribution in [3.8, 4) is 0 Å². The predicted molar refractivity (Wildman–Crippen MR) is 79.2 cm³/mol. The number of carbonyl (C=O) groups excluding carboxylic acids is 1. The van der Waals surface area contributed by atoms with Gasteiger partial charge in [-0.05, 0) is 40.1 Å². The summed E-state index contributed by atoms with van der Waals surface area (Å²) >= 11 is 1.47. The van der Waals surface area contributed by atoms with Crippen LogP contribution in [0.25, 0.3) is 5.57 Å². The molecule has 1 aromatic carbocycles. The molecule has 1 unspecified atom stereocenters. The molecule has 0 bridgehead atoms. The molecular weight excluding hydrogens is 311 g/mol. The first-order valence-corrected chi connectivity index (χ1v) is 7.55. The number of allylic oxidation sites excluding steroid dienone is 2. The molecule has 2 aromatic rings. The van der Waals surface area contributed by atoms with Crippen LogP contribution >= 0.6 is 11.3 Å².